The van der Waals surface area contributed by atoms with Gasteiger partial charge in [0.15, 0.2) is 0 Å². The zero-order valence-electron chi connectivity index (χ0n) is 6.09. The third-order valence-corrected chi connectivity index (χ3v) is 1.42. The summed E-state index contributed by atoms with van der Waals surface area (Å²) in [4.78, 5) is 0. The number of hydrogen-bond donors (Lipinski definition) is 2. The average Bonchev–Trinajstić information content (AvgIpc) is 2.36. The highest BCUT2D eigenvalue weighted by Crippen LogP contribution is 2.00. The summed E-state index contributed by atoms with van der Waals surface area (Å²) in [6, 6.07) is 0. The monoisotopic (exact) mass is 140 g/mol. The first-order valence-corrected chi connectivity index (χ1v) is 3.47. The van der Waals surface area contributed by atoms with E-state index in [9.17, 15) is 0 Å². The van der Waals surface area contributed by atoms with Crippen LogP contribution in [-0.4, -0.2) is 22.0 Å². The predicted octanol–water partition coefficient (Wildman–Crippen LogP) is -0.132. The van der Waals surface area contributed by atoms with Crippen molar-refractivity contribution in [2.75, 3.05) is 6.54 Å². The van der Waals surface area contributed by atoms with Gasteiger partial charge in [-0.15, -0.1) is 0 Å². The SMILES string of the molecule is CCc1n[nH]nc1CCN. The second kappa shape index (κ2) is 3.31. The van der Waals surface area contributed by atoms with Gasteiger partial charge in [-0.05, 0) is 13.0 Å². The lowest BCUT2D eigenvalue weighted by Crippen LogP contribution is -2.04. The Balaban J connectivity index is 2.70. The van der Waals surface area contributed by atoms with Gasteiger partial charge in [0.1, 0.15) is 0 Å². The summed E-state index contributed by atoms with van der Waals surface area (Å²) in [5, 5.41) is 10.5. The third kappa shape index (κ3) is 1.33. The molecule has 1 heterocycles. The fourth-order valence-corrected chi connectivity index (χ4v) is 0.895. The average molecular weight is 140 g/mol. The van der Waals surface area contributed by atoms with E-state index in [2.05, 4.69) is 22.3 Å². The molecule has 1 aromatic heterocycles. The first kappa shape index (κ1) is 7.21. The van der Waals surface area contributed by atoms with Crippen LogP contribution < -0.4 is 5.73 Å². The number of hydrogen-bond acceptors (Lipinski definition) is 3. The van der Waals surface area contributed by atoms with Gasteiger partial charge >= 0.3 is 0 Å². The van der Waals surface area contributed by atoms with Crippen molar-refractivity contribution < 1.29 is 0 Å². The number of nitrogens with zero attached hydrogens (tertiary/aromatic N) is 2. The van der Waals surface area contributed by atoms with Crippen molar-refractivity contribution in [1.82, 2.24) is 15.4 Å². The van der Waals surface area contributed by atoms with Crippen molar-refractivity contribution in [3.05, 3.63) is 11.4 Å². The fraction of sp³-hybridized carbons (Fsp3) is 0.667. The highest BCUT2D eigenvalue weighted by atomic mass is 15.3. The van der Waals surface area contributed by atoms with Gasteiger partial charge in [-0.25, -0.2) is 0 Å². The Labute approximate surface area is 59.8 Å². The van der Waals surface area contributed by atoms with Gasteiger partial charge in [-0.2, -0.15) is 15.4 Å². The van der Waals surface area contributed by atoms with E-state index >= 15 is 0 Å². The Morgan fingerprint density at radius 1 is 1.40 bits per heavy atom. The Morgan fingerprint density at radius 2 is 2.10 bits per heavy atom. The van der Waals surface area contributed by atoms with Crippen LogP contribution in [0.15, 0.2) is 0 Å². The van der Waals surface area contributed by atoms with Gasteiger partial charge in [0.2, 0.25) is 0 Å². The number of rotatable bonds is 3. The van der Waals surface area contributed by atoms with Crippen molar-refractivity contribution in [2.45, 2.75) is 19.8 Å². The molecular weight excluding hydrogens is 128 g/mol. The van der Waals surface area contributed by atoms with E-state index in [0.717, 1.165) is 24.2 Å². The van der Waals surface area contributed by atoms with E-state index in [-0.39, 0.29) is 0 Å². The first-order chi connectivity index (χ1) is 4.88. The standard InChI is InChI=1S/C6H12N4/c1-2-5-6(3-4-7)9-10-8-5/h2-4,7H2,1H3,(H,8,9,10). The van der Waals surface area contributed by atoms with E-state index in [1.807, 2.05) is 0 Å². The third-order valence-electron chi connectivity index (χ3n) is 1.42. The Kier molecular flexibility index (Phi) is 2.39. The van der Waals surface area contributed by atoms with Gasteiger partial charge in [-0.1, -0.05) is 6.92 Å². The van der Waals surface area contributed by atoms with Gasteiger partial charge in [-0.3, -0.25) is 0 Å². The minimum Gasteiger partial charge on any atom is -0.330 e. The molecular formula is C6H12N4. The molecule has 0 aliphatic rings. The van der Waals surface area contributed by atoms with E-state index in [1.54, 1.807) is 0 Å². The second-order valence-electron chi connectivity index (χ2n) is 2.11. The largest absolute Gasteiger partial charge is 0.330 e. The summed E-state index contributed by atoms with van der Waals surface area (Å²) in [5.74, 6) is 0. The molecule has 0 saturated heterocycles. The molecule has 0 saturated carbocycles. The van der Waals surface area contributed by atoms with E-state index < -0.39 is 0 Å². The molecule has 0 unspecified atom stereocenters. The van der Waals surface area contributed by atoms with Crippen LogP contribution in [0.2, 0.25) is 0 Å². The Bertz CT molecular complexity index is 193. The van der Waals surface area contributed by atoms with Crippen molar-refractivity contribution in [1.29, 1.82) is 0 Å². The maximum Gasteiger partial charge on any atom is 0.0869 e. The first-order valence-electron chi connectivity index (χ1n) is 3.47. The van der Waals surface area contributed by atoms with Crippen molar-refractivity contribution in [3.8, 4) is 0 Å². The molecule has 56 valence electrons. The molecule has 0 radical (unpaired) electrons. The number of aromatic nitrogens is 3. The minimum atomic E-state index is 0.638. The number of nitrogens with one attached hydrogen (secondary N) is 1. The summed E-state index contributed by atoms with van der Waals surface area (Å²) in [5.41, 5.74) is 7.40. The summed E-state index contributed by atoms with van der Waals surface area (Å²) < 4.78 is 0. The molecule has 0 aromatic carbocycles. The molecule has 0 bridgehead atoms. The zero-order chi connectivity index (χ0) is 7.40. The molecule has 0 spiro atoms. The lowest BCUT2D eigenvalue weighted by Gasteiger charge is -1.92. The lowest BCUT2D eigenvalue weighted by molar-refractivity contribution is 0.877. The van der Waals surface area contributed by atoms with E-state index in [1.165, 1.54) is 0 Å². The zero-order valence-corrected chi connectivity index (χ0v) is 6.09. The Hall–Kier alpha value is -0.900. The van der Waals surface area contributed by atoms with Crippen molar-refractivity contribution >= 4 is 0 Å². The molecule has 0 amide bonds. The highest BCUT2D eigenvalue weighted by Gasteiger charge is 2.02. The van der Waals surface area contributed by atoms with Crippen LogP contribution in [0, 0.1) is 0 Å². The van der Waals surface area contributed by atoms with Crippen LogP contribution in [0.5, 0.6) is 0 Å². The van der Waals surface area contributed by atoms with Crippen LogP contribution in [0.3, 0.4) is 0 Å². The van der Waals surface area contributed by atoms with Crippen LogP contribution in [0.25, 0.3) is 0 Å². The predicted molar refractivity (Wildman–Crippen MR) is 38.5 cm³/mol. The van der Waals surface area contributed by atoms with Crippen LogP contribution in [-0.2, 0) is 12.8 Å². The lowest BCUT2D eigenvalue weighted by atomic mass is 10.2. The summed E-state index contributed by atoms with van der Waals surface area (Å²) in [7, 11) is 0. The molecule has 0 aliphatic carbocycles. The molecule has 0 atom stereocenters. The Morgan fingerprint density at radius 3 is 2.70 bits per heavy atom. The normalized spacial score (nSPS) is 10.2. The fourth-order valence-electron chi connectivity index (χ4n) is 0.895. The van der Waals surface area contributed by atoms with Gasteiger partial charge < -0.3 is 5.73 Å². The maximum absolute atomic E-state index is 5.36. The number of H-pyrrole nitrogens is 1. The van der Waals surface area contributed by atoms with Crippen molar-refractivity contribution in [2.24, 2.45) is 5.73 Å². The number of aryl methyl sites for hydroxylation is 1. The minimum absolute atomic E-state index is 0.638. The van der Waals surface area contributed by atoms with Crippen LogP contribution in [0.1, 0.15) is 18.3 Å². The second-order valence-corrected chi connectivity index (χ2v) is 2.11. The highest BCUT2D eigenvalue weighted by molar-refractivity contribution is 5.08. The van der Waals surface area contributed by atoms with Gasteiger partial charge in [0.25, 0.3) is 0 Å². The van der Waals surface area contributed by atoms with E-state index in [4.69, 9.17) is 5.73 Å². The van der Waals surface area contributed by atoms with Gasteiger partial charge in [0, 0.05) is 6.42 Å². The summed E-state index contributed by atoms with van der Waals surface area (Å²) >= 11 is 0. The van der Waals surface area contributed by atoms with E-state index in [0.29, 0.717) is 6.54 Å². The number of aromatic amines is 1. The molecule has 4 nitrogen and oxygen atoms in total. The van der Waals surface area contributed by atoms with Crippen LogP contribution in [0.4, 0.5) is 0 Å². The number of nitrogens with two attached hydrogens (primary N) is 1. The smallest absolute Gasteiger partial charge is 0.0869 e. The van der Waals surface area contributed by atoms with Crippen molar-refractivity contribution in [3.63, 3.8) is 0 Å². The molecule has 1 rings (SSSR count). The van der Waals surface area contributed by atoms with Gasteiger partial charge in [0.05, 0.1) is 11.4 Å². The molecule has 3 N–H and O–H groups in total. The molecule has 4 heteroatoms. The topological polar surface area (TPSA) is 67.6 Å². The summed E-state index contributed by atoms with van der Waals surface area (Å²) in [6.07, 6.45) is 1.74. The summed E-state index contributed by atoms with van der Waals surface area (Å²) in [6.45, 7) is 2.69. The molecule has 0 aliphatic heterocycles. The molecule has 0 fully saturated rings. The quantitative estimate of drug-likeness (QED) is 0.614. The molecule has 1 aromatic rings. The molecule has 10 heavy (non-hydrogen) atoms. The maximum atomic E-state index is 5.36. The van der Waals surface area contributed by atoms with Crippen LogP contribution >= 0.6 is 0 Å².